The molecule has 2 aromatic heterocycles. The van der Waals surface area contributed by atoms with Gasteiger partial charge in [-0.25, -0.2) is 9.97 Å². The van der Waals surface area contributed by atoms with E-state index in [1.165, 1.54) is 0 Å². The SMILES string of the molecule is c1cc(Cc2nc3c(c(Nc4cnc5ccccc5c4)n2)CNC3)c2c(c1)OCO2. The molecule has 0 spiro atoms. The van der Waals surface area contributed by atoms with Crippen molar-refractivity contribution in [1.29, 1.82) is 0 Å². The Hall–Kier alpha value is -3.71. The second-order valence-electron chi connectivity index (χ2n) is 7.39. The summed E-state index contributed by atoms with van der Waals surface area (Å²) in [5, 5.41) is 7.93. The lowest BCUT2D eigenvalue weighted by molar-refractivity contribution is 0.173. The van der Waals surface area contributed by atoms with Gasteiger partial charge in [0.2, 0.25) is 6.79 Å². The fourth-order valence-corrected chi connectivity index (χ4v) is 3.98. The second kappa shape index (κ2) is 6.96. The number of benzene rings is 2. The number of aromatic nitrogens is 3. The summed E-state index contributed by atoms with van der Waals surface area (Å²) in [7, 11) is 0. The monoisotopic (exact) mass is 397 g/mol. The van der Waals surface area contributed by atoms with E-state index in [0.29, 0.717) is 6.42 Å². The number of fused-ring (bicyclic) bond motifs is 3. The van der Waals surface area contributed by atoms with Crippen LogP contribution in [-0.2, 0) is 19.5 Å². The fraction of sp³-hybridized carbons (Fsp3) is 0.174. The van der Waals surface area contributed by atoms with Crippen LogP contribution in [0.5, 0.6) is 11.5 Å². The molecule has 0 amide bonds. The Bertz CT molecular complexity index is 1270. The first-order valence-electron chi connectivity index (χ1n) is 9.92. The Kier molecular flexibility index (Phi) is 3.99. The maximum absolute atomic E-state index is 5.65. The third-order valence-electron chi connectivity index (χ3n) is 5.41. The molecule has 2 aliphatic rings. The van der Waals surface area contributed by atoms with Crippen LogP contribution in [0.15, 0.2) is 54.7 Å². The molecule has 6 rings (SSSR count). The van der Waals surface area contributed by atoms with E-state index < -0.39 is 0 Å². The van der Waals surface area contributed by atoms with Gasteiger partial charge in [0.1, 0.15) is 11.6 Å². The average Bonchev–Trinajstić information content (AvgIpc) is 3.44. The van der Waals surface area contributed by atoms with Gasteiger partial charge in [-0.2, -0.15) is 0 Å². The van der Waals surface area contributed by atoms with Crippen molar-refractivity contribution in [3.05, 3.63) is 77.4 Å². The molecule has 0 fully saturated rings. The molecule has 0 saturated carbocycles. The molecular weight excluding hydrogens is 378 g/mol. The standard InChI is InChI=1S/C23H19N5O2/c1-2-6-18-14(4-1)8-16(10-25-18)26-23-17-11-24-12-19(17)27-21(28-23)9-15-5-3-7-20-22(15)30-13-29-20/h1-8,10,24H,9,11-13H2,(H,26,27,28). The van der Waals surface area contributed by atoms with Crippen molar-refractivity contribution in [3.63, 3.8) is 0 Å². The van der Waals surface area contributed by atoms with Crippen molar-refractivity contribution in [2.45, 2.75) is 19.5 Å². The minimum Gasteiger partial charge on any atom is -0.454 e. The van der Waals surface area contributed by atoms with E-state index in [2.05, 4.69) is 27.8 Å². The molecule has 4 aromatic rings. The van der Waals surface area contributed by atoms with E-state index in [9.17, 15) is 0 Å². The lowest BCUT2D eigenvalue weighted by atomic mass is 10.1. The molecule has 2 N–H and O–H groups in total. The summed E-state index contributed by atoms with van der Waals surface area (Å²) in [6.45, 7) is 1.74. The van der Waals surface area contributed by atoms with Crippen LogP contribution in [0.2, 0.25) is 0 Å². The highest BCUT2D eigenvalue weighted by Crippen LogP contribution is 2.36. The van der Waals surface area contributed by atoms with Crippen LogP contribution >= 0.6 is 0 Å². The van der Waals surface area contributed by atoms with Crippen LogP contribution in [-0.4, -0.2) is 21.7 Å². The minimum atomic E-state index is 0.253. The lowest BCUT2D eigenvalue weighted by Gasteiger charge is -2.13. The third kappa shape index (κ3) is 3.00. The van der Waals surface area contributed by atoms with Crippen molar-refractivity contribution in [2.24, 2.45) is 0 Å². The molecule has 7 nitrogen and oxygen atoms in total. The lowest BCUT2D eigenvalue weighted by Crippen LogP contribution is -2.07. The molecule has 148 valence electrons. The highest BCUT2D eigenvalue weighted by atomic mass is 16.7. The summed E-state index contributed by atoms with van der Waals surface area (Å²) in [5.41, 5.74) is 5.03. The van der Waals surface area contributed by atoms with Gasteiger partial charge in [-0.05, 0) is 18.2 Å². The van der Waals surface area contributed by atoms with E-state index in [1.54, 1.807) is 0 Å². The van der Waals surface area contributed by atoms with Crippen molar-refractivity contribution in [1.82, 2.24) is 20.3 Å². The van der Waals surface area contributed by atoms with Crippen molar-refractivity contribution in [3.8, 4) is 11.5 Å². The molecule has 7 heteroatoms. The molecular formula is C23H19N5O2. The van der Waals surface area contributed by atoms with E-state index in [0.717, 1.165) is 69.6 Å². The summed E-state index contributed by atoms with van der Waals surface area (Å²) in [6, 6.07) is 16.1. The number of nitrogens with one attached hydrogen (secondary N) is 2. The van der Waals surface area contributed by atoms with Crippen LogP contribution in [0.1, 0.15) is 22.6 Å². The van der Waals surface area contributed by atoms with Gasteiger partial charge in [-0.15, -0.1) is 0 Å². The number of para-hydroxylation sites is 2. The smallest absolute Gasteiger partial charge is 0.231 e. The second-order valence-corrected chi connectivity index (χ2v) is 7.39. The molecule has 2 aromatic carbocycles. The molecule has 0 bridgehead atoms. The summed E-state index contributed by atoms with van der Waals surface area (Å²) in [4.78, 5) is 14.2. The number of rotatable bonds is 4. The first-order chi connectivity index (χ1) is 14.8. The summed E-state index contributed by atoms with van der Waals surface area (Å²) in [5.74, 6) is 3.13. The normalized spacial score (nSPS) is 14.1. The number of hydrogen-bond donors (Lipinski definition) is 2. The molecule has 0 unspecified atom stereocenters. The number of pyridine rings is 1. The van der Waals surface area contributed by atoms with Crippen LogP contribution < -0.4 is 20.1 Å². The minimum absolute atomic E-state index is 0.253. The van der Waals surface area contributed by atoms with Gasteiger partial charge >= 0.3 is 0 Å². The summed E-state index contributed by atoms with van der Waals surface area (Å²) >= 11 is 0. The molecule has 0 saturated heterocycles. The van der Waals surface area contributed by atoms with E-state index in [-0.39, 0.29) is 6.79 Å². The van der Waals surface area contributed by atoms with Crippen LogP contribution in [0.4, 0.5) is 11.5 Å². The molecule has 0 radical (unpaired) electrons. The molecule has 0 atom stereocenters. The van der Waals surface area contributed by atoms with E-state index >= 15 is 0 Å². The zero-order valence-corrected chi connectivity index (χ0v) is 16.2. The quantitative estimate of drug-likeness (QED) is 0.543. The largest absolute Gasteiger partial charge is 0.454 e. The van der Waals surface area contributed by atoms with Gasteiger partial charge in [0, 0.05) is 36.0 Å². The number of ether oxygens (including phenoxy) is 2. The molecule has 4 heterocycles. The fourth-order valence-electron chi connectivity index (χ4n) is 3.98. The van der Waals surface area contributed by atoms with Crippen LogP contribution in [0, 0.1) is 0 Å². The van der Waals surface area contributed by atoms with Crippen molar-refractivity contribution < 1.29 is 9.47 Å². The van der Waals surface area contributed by atoms with Gasteiger partial charge in [0.25, 0.3) is 0 Å². The van der Waals surface area contributed by atoms with Gasteiger partial charge in [0.15, 0.2) is 11.5 Å². The van der Waals surface area contributed by atoms with Crippen molar-refractivity contribution >= 4 is 22.4 Å². The Labute approximate surface area is 173 Å². The van der Waals surface area contributed by atoms with Crippen LogP contribution in [0.25, 0.3) is 10.9 Å². The number of anilines is 2. The van der Waals surface area contributed by atoms with E-state index in [4.69, 9.17) is 19.4 Å². The zero-order chi connectivity index (χ0) is 19.9. The van der Waals surface area contributed by atoms with Gasteiger partial charge < -0.3 is 20.1 Å². The first-order valence-corrected chi connectivity index (χ1v) is 9.92. The molecule has 2 aliphatic heterocycles. The Morgan fingerprint density at radius 3 is 2.97 bits per heavy atom. The van der Waals surface area contributed by atoms with E-state index in [1.807, 2.05) is 42.6 Å². The Balaban J connectivity index is 1.36. The predicted octanol–water partition coefficient (Wildman–Crippen LogP) is 3.69. The predicted molar refractivity (Wildman–Crippen MR) is 113 cm³/mol. The molecule has 30 heavy (non-hydrogen) atoms. The summed E-state index contributed by atoms with van der Waals surface area (Å²) < 4.78 is 11.1. The maximum Gasteiger partial charge on any atom is 0.231 e. The average molecular weight is 397 g/mol. The zero-order valence-electron chi connectivity index (χ0n) is 16.2. The number of hydrogen-bond acceptors (Lipinski definition) is 7. The maximum atomic E-state index is 5.65. The first kappa shape index (κ1) is 17.2. The summed E-state index contributed by atoms with van der Waals surface area (Å²) in [6.07, 6.45) is 2.42. The number of nitrogens with zero attached hydrogens (tertiary/aromatic N) is 3. The highest BCUT2D eigenvalue weighted by molar-refractivity contribution is 5.82. The molecule has 0 aliphatic carbocycles. The van der Waals surface area contributed by atoms with Gasteiger partial charge in [-0.1, -0.05) is 30.3 Å². The highest BCUT2D eigenvalue weighted by Gasteiger charge is 2.22. The van der Waals surface area contributed by atoms with Gasteiger partial charge in [-0.3, -0.25) is 4.98 Å². The van der Waals surface area contributed by atoms with Gasteiger partial charge in [0.05, 0.1) is 23.1 Å². The topological polar surface area (TPSA) is 81.2 Å². The Morgan fingerprint density at radius 2 is 1.97 bits per heavy atom. The van der Waals surface area contributed by atoms with Crippen LogP contribution in [0.3, 0.4) is 0 Å². The van der Waals surface area contributed by atoms with Crippen molar-refractivity contribution in [2.75, 3.05) is 12.1 Å². The third-order valence-corrected chi connectivity index (χ3v) is 5.41. The Morgan fingerprint density at radius 1 is 1.00 bits per heavy atom.